The molecule has 0 aliphatic heterocycles. The molecule has 2 atom stereocenters. The van der Waals surface area contributed by atoms with E-state index < -0.39 is 41.5 Å². The fraction of sp³-hybridized carbons (Fsp3) is 0.889. The van der Waals surface area contributed by atoms with Crippen molar-refractivity contribution < 1.29 is 29.3 Å². The minimum absolute atomic E-state index is 0.0661. The minimum atomic E-state index is -3.89. The summed E-state index contributed by atoms with van der Waals surface area (Å²) in [4.78, 5) is 34.0. The molecule has 0 aromatic heterocycles. The number of carboxylic acids is 2. The predicted octanol–water partition coefficient (Wildman–Crippen LogP) is 4.31. The average Bonchev–Trinajstić information content (AvgIpc) is 2.40. The number of hydrogen-bond acceptors (Lipinski definition) is 3. The van der Waals surface area contributed by atoms with Crippen LogP contribution in [0, 0.1) is 23.7 Å². The van der Waals surface area contributed by atoms with Crippen LogP contribution < -0.4 is 0 Å². The number of carbonyl (C=O) groups is 2. The van der Waals surface area contributed by atoms with Crippen molar-refractivity contribution in [2.24, 2.45) is 23.7 Å². The maximum Gasteiger partial charge on any atom is 0.306 e. The summed E-state index contributed by atoms with van der Waals surface area (Å²) in [5, 5.41) is 16.6. The molecule has 0 aromatic rings. The summed E-state index contributed by atoms with van der Waals surface area (Å²) >= 11 is 0. The van der Waals surface area contributed by atoms with Gasteiger partial charge in [0.05, 0.1) is 11.8 Å². The van der Waals surface area contributed by atoms with Gasteiger partial charge in [0.25, 0.3) is 0 Å². The van der Waals surface area contributed by atoms with Crippen LogP contribution in [0.4, 0.5) is 0 Å². The Bertz CT molecular complexity index is 492. The predicted molar refractivity (Wildman–Crippen MR) is 99.1 cm³/mol. The molecule has 3 N–H and O–H groups in total. The highest BCUT2D eigenvalue weighted by atomic mass is 31.2. The molecule has 0 radical (unpaired) electrons. The minimum Gasteiger partial charge on any atom is -0.481 e. The Hall–Kier alpha value is -0.870. The molecule has 0 bridgehead atoms. The lowest BCUT2D eigenvalue weighted by molar-refractivity contribution is -0.144. The fourth-order valence-electron chi connectivity index (χ4n) is 3.36. The van der Waals surface area contributed by atoms with Crippen LogP contribution in [-0.4, -0.2) is 37.4 Å². The Morgan fingerprint density at radius 2 is 1.04 bits per heavy atom. The van der Waals surface area contributed by atoms with E-state index in [4.69, 9.17) is 0 Å². The van der Waals surface area contributed by atoms with Crippen molar-refractivity contribution >= 4 is 19.3 Å². The zero-order valence-corrected chi connectivity index (χ0v) is 17.6. The molecule has 0 amide bonds. The van der Waals surface area contributed by atoms with Crippen molar-refractivity contribution in [1.29, 1.82) is 0 Å². The third-order valence-electron chi connectivity index (χ3n) is 5.32. The van der Waals surface area contributed by atoms with Gasteiger partial charge in [0, 0.05) is 10.3 Å². The third-order valence-corrected chi connectivity index (χ3v) is 8.97. The number of hydrogen-bond donors (Lipinski definition) is 3. The normalized spacial score (nSPS) is 18.0. The van der Waals surface area contributed by atoms with Gasteiger partial charge < -0.3 is 15.1 Å². The zero-order chi connectivity index (χ0) is 20.4. The van der Waals surface area contributed by atoms with E-state index in [9.17, 15) is 29.3 Å². The average molecular weight is 378 g/mol. The molecule has 2 unspecified atom stereocenters. The Kier molecular flexibility index (Phi) is 7.93. The largest absolute Gasteiger partial charge is 0.481 e. The van der Waals surface area contributed by atoms with Crippen LogP contribution in [0.25, 0.3) is 0 Å². The van der Waals surface area contributed by atoms with Gasteiger partial charge in [-0.3, -0.25) is 14.2 Å². The lowest BCUT2D eigenvalue weighted by Gasteiger charge is -2.43. The molecule has 0 saturated carbocycles. The van der Waals surface area contributed by atoms with Crippen LogP contribution in [0.2, 0.25) is 0 Å². The molecule has 0 saturated heterocycles. The van der Waals surface area contributed by atoms with Crippen LogP contribution in [0.5, 0.6) is 0 Å². The highest BCUT2D eigenvalue weighted by molar-refractivity contribution is 7.61. The summed E-state index contributed by atoms with van der Waals surface area (Å²) in [6.45, 7) is 13.6. The van der Waals surface area contributed by atoms with E-state index >= 15 is 0 Å². The van der Waals surface area contributed by atoms with Crippen molar-refractivity contribution in [2.75, 3.05) is 0 Å². The van der Waals surface area contributed by atoms with Gasteiger partial charge in [-0.1, -0.05) is 55.4 Å². The van der Waals surface area contributed by atoms with E-state index in [0.29, 0.717) is 0 Å². The van der Waals surface area contributed by atoms with Crippen molar-refractivity contribution in [1.82, 2.24) is 0 Å². The molecule has 0 aliphatic rings. The fourth-order valence-corrected chi connectivity index (χ4v) is 5.89. The first-order valence-electron chi connectivity index (χ1n) is 8.76. The molecular weight excluding hydrogens is 343 g/mol. The van der Waals surface area contributed by atoms with E-state index in [2.05, 4.69) is 0 Å². The first-order chi connectivity index (χ1) is 11.0. The van der Waals surface area contributed by atoms with Crippen molar-refractivity contribution in [3.63, 3.8) is 0 Å². The molecular formula is C18H35O6P. The summed E-state index contributed by atoms with van der Waals surface area (Å²) in [7, 11) is -3.89. The quantitative estimate of drug-likeness (QED) is 0.488. The van der Waals surface area contributed by atoms with E-state index in [1.165, 1.54) is 0 Å². The Morgan fingerprint density at radius 3 is 1.20 bits per heavy atom. The SMILES string of the molecule is CC(C)C(CC(C)(C)P(=O)(O)C(C)(C)CC(C(=O)O)C(C)C)C(=O)O. The van der Waals surface area contributed by atoms with Gasteiger partial charge in [-0.05, 0) is 24.7 Å². The smallest absolute Gasteiger partial charge is 0.306 e. The summed E-state index contributed by atoms with van der Waals surface area (Å²) < 4.78 is 13.4. The van der Waals surface area contributed by atoms with Gasteiger partial charge >= 0.3 is 11.9 Å². The lowest BCUT2D eigenvalue weighted by Crippen LogP contribution is -2.39. The topological polar surface area (TPSA) is 112 Å². The van der Waals surface area contributed by atoms with Crippen molar-refractivity contribution in [2.45, 2.75) is 78.5 Å². The first-order valence-corrected chi connectivity index (χ1v) is 10.4. The molecule has 0 heterocycles. The van der Waals surface area contributed by atoms with Gasteiger partial charge in [0.1, 0.15) is 0 Å². The second-order valence-electron chi connectivity index (χ2n) is 8.99. The van der Waals surface area contributed by atoms with Crippen LogP contribution in [0.1, 0.15) is 68.2 Å². The van der Waals surface area contributed by atoms with Gasteiger partial charge in [0.15, 0.2) is 0 Å². The van der Waals surface area contributed by atoms with E-state index in [0.717, 1.165) is 0 Å². The Balaban J connectivity index is 5.71. The van der Waals surface area contributed by atoms with Crippen LogP contribution >= 0.6 is 7.37 Å². The van der Waals surface area contributed by atoms with Crippen LogP contribution in [0.15, 0.2) is 0 Å². The maximum atomic E-state index is 13.4. The highest BCUT2D eigenvalue weighted by Crippen LogP contribution is 2.67. The van der Waals surface area contributed by atoms with Crippen molar-refractivity contribution in [3.8, 4) is 0 Å². The molecule has 0 spiro atoms. The number of carboxylic acid groups (broad SMARTS) is 2. The molecule has 0 aromatic carbocycles. The Labute approximate surface area is 151 Å². The molecule has 0 rings (SSSR count). The zero-order valence-electron chi connectivity index (χ0n) is 16.7. The standard InChI is InChI=1S/C18H35O6P/c1-11(2)13(15(19)20)9-17(5,6)25(23,24)18(7,8)10-14(12(3)4)16(21)22/h11-14H,9-10H2,1-8H3,(H,19,20)(H,21,22)(H,23,24). The Morgan fingerprint density at radius 1 is 0.800 bits per heavy atom. The highest BCUT2D eigenvalue weighted by Gasteiger charge is 2.53. The molecule has 25 heavy (non-hydrogen) atoms. The van der Waals surface area contributed by atoms with Gasteiger partial charge in [-0.15, -0.1) is 0 Å². The van der Waals surface area contributed by atoms with E-state index in [1.54, 1.807) is 55.4 Å². The number of aliphatic carboxylic acids is 2. The second kappa shape index (κ2) is 8.22. The van der Waals surface area contributed by atoms with E-state index in [1.807, 2.05) is 0 Å². The molecule has 0 aliphatic carbocycles. The first kappa shape index (κ1) is 24.1. The maximum absolute atomic E-state index is 13.4. The van der Waals surface area contributed by atoms with Crippen LogP contribution in [-0.2, 0) is 14.2 Å². The molecule has 0 fully saturated rings. The van der Waals surface area contributed by atoms with Gasteiger partial charge in [-0.25, -0.2) is 0 Å². The van der Waals surface area contributed by atoms with E-state index in [-0.39, 0.29) is 24.7 Å². The van der Waals surface area contributed by atoms with Crippen molar-refractivity contribution in [3.05, 3.63) is 0 Å². The molecule has 7 heteroatoms. The van der Waals surface area contributed by atoms with Crippen LogP contribution in [0.3, 0.4) is 0 Å². The summed E-state index contributed by atoms with van der Waals surface area (Å²) in [6, 6.07) is 0. The second-order valence-corrected chi connectivity index (χ2v) is 12.6. The number of rotatable bonds is 10. The lowest BCUT2D eigenvalue weighted by atomic mass is 9.87. The summed E-state index contributed by atoms with van der Waals surface area (Å²) in [6.07, 6.45) is 0.132. The molecule has 148 valence electrons. The van der Waals surface area contributed by atoms with Gasteiger partial charge in [-0.2, -0.15) is 0 Å². The molecule has 6 nitrogen and oxygen atoms in total. The van der Waals surface area contributed by atoms with Gasteiger partial charge in [0.2, 0.25) is 7.37 Å². The monoisotopic (exact) mass is 378 g/mol. The third kappa shape index (κ3) is 5.55. The summed E-state index contributed by atoms with van der Waals surface area (Å²) in [5.41, 5.74) is 0. The summed E-state index contributed by atoms with van der Waals surface area (Å²) in [5.74, 6) is -3.75.